The molecule has 3 amide bonds. The average molecular weight is 462 g/mol. The second-order valence-electron chi connectivity index (χ2n) is 7.09. The maximum atomic E-state index is 12.5. The number of nitrogens with two attached hydrogens (primary N) is 1. The van der Waals surface area contributed by atoms with Crippen molar-refractivity contribution in [3.05, 3.63) is 0 Å². The highest BCUT2D eigenvalue weighted by molar-refractivity contribution is 5.97. The highest BCUT2D eigenvalue weighted by Crippen LogP contribution is 2.03. The van der Waals surface area contributed by atoms with Crippen molar-refractivity contribution in [2.45, 2.75) is 57.3 Å². The Hall–Kier alpha value is -3.75. The Morgan fingerprint density at radius 3 is 1.25 bits per heavy atom. The Morgan fingerprint density at radius 2 is 0.938 bits per heavy atom. The summed E-state index contributed by atoms with van der Waals surface area (Å²) in [6, 6.07) is -6.65. The van der Waals surface area contributed by atoms with Gasteiger partial charge in [-0.05, 0) is 5.92 Å². The van der Waals surface area contributed by atoms with E-state index in [1.54, 1.807) is 19.2 Å². The van der Waals surface area contributed by atoms with Crippen molar-refractivity contribution in [3.63, 3.8) is 0 Å². The first-order valence-electron chi connectivity index (χ1n) is 9.20. The highest BCUT2D eigenvalue weighted by atomic mass is 16.4. The Kier molecular flexibility index (Phi) is 11.3. The lowest BCUT2D eigenvalue weighted by atomic mass is 10.0. The van der Waals surface area contributed by atoms with Crippen LogP contribution < -0.4 is 21.7 Å². The fourth-order valence-electron chi connectivity index (χ4n) is 2.26. The maximum Gasteiger partial charge on any atom is 0.326 e. The van der Waals surface area contributed by atoms with Gasteiger partial charge in [0.15, 0.2) is 0 Å². The van der Waals surface area contributed by atoms with Crippen molar-refractivity contribution >= 4 is 41.6 Å². The molecular weight excluding hydrogens is 436 g/mol. The van der Waals surface area contributed by atoms with Crippen LogP contribution in [-0.2, 0) is 33.6 Å². The Bertz CT molecular complexity index is 768. The lowest BCUT2D eigenvalue weighted by Gasteiger charge is -2.24. The topological polar surface area (TPSA) is 263 Å². The van der Waals surface area contributed by atoms with Gasteiger partial charge in [-0.1, -0.05) is 13.8 Å². The molecule has 15 heteroatoms. The van der Waals surface area contributed by atoms with E-state index in [9.17, 15) is 33.6 Å². The monoisotopic (exact) mass is 462 g/mol. The van der Waals surface area contributed by atoms with Gasteiger partial charge in [0.1, 0.15) is 18.1 Å². The zero-order valence-corrected chi connectivity index (χ0v) is 17.2. The Morgan fingerprint density at radius 1 is 0.625 bits per heavy atom. The van der Waals surface area contributed by atoms with Crippen molar-refractivity contribution < 1.29 is 54.0 Å². The van der Waals surface area contributed by atoms with E-state index in [-0.39, 0.29) is 5.92 Å². The third-order valence-corrected chi connectivity index (χ3v) is 4.04. The molecule has 9 N–H and O–H groups in total. The van der Waals surface area contributed by atoms with Crippen molar-refractivity contribution in [1.82, 2.24) is 16.0 Å². The van der Waals surface area contributed by atoms with Gasteiger partial charge in [-0.25, -0.2) is 4.79 Å². The van der Waals surface area contributed by atoms with E-state index in [4.69, 9.17) is 26.2 Å². The SMILES string of the molecule is CC(C)C(N)C(=O)NC(CC(=O)O)C(=O)NC(CC(=O)O)C(=O)NC(CC(=O)O)C(=O)O. The summed E-state index contributed by atoms with van der Waals surface area (Å²) in [5.41, 5.74) is 5.64. The summed E-state index contributed by atoms with van der Waals surface area (Å²) >= 11 is 0. The molecule has 0 fully saturated rings. The zero-order chi connectivity index (χ0) is 25.2. The number of aliphatic carboxylic acids is 4. The molecule has 0 aromatic carbocycles. The standard InChI is InChI=1S/C17H26N4O11/c1-6(2)13(18)16(30)20-8(4-11(24)25)14(28)19-7(3-10(22)23)15(29)21-9(17(31)32)5-12(26)27/h6-9,13H,3-5,18H2,1-2H3,(H,19,28)(H,20,30)(H,21,29)(H,22,23)(H,24,25)(H,26,27)(H,31,32). The number of hydrogen-bond donors (Lipinski definition) is 8. The van der Waals surface area contributed by atoms with Gasteiger partial charge < -0.3 is 42.1 Å². The van der Waals surface area contributed by atoms with Crippen LogP contribution in [0.4, 0.5) is 0 Å². The molecule has 15 nitrogen and oxygen atoms in total. The summed E-state index contributed by atoms with van der Waals surface area (Å²) in [6.07, 6.45) is -3.00. The maximum absolute atomic E-state index is 12.5. The molecule has 180 valence electrons. The molecule has 4 atom stereocenters. The number of carboxylic acid groups (broad SMARTS) is 4. The quantitative estimate of drug-likeness (QED) is 0.128. The normalized spacial score (nSPS) is 14.4. The molecule has 0 aromatic rings. The van der Waals surface area contributed by atoms with Crippen LogP contribution in [0.2, 0.25) is 0 Å². The third-order valence-electron chi connectivity index (χ3n) is 4.04. The highest BCUT2D eigenvalue weighted by Gasteiger charge is 2.33. The van der Waals surface area contributed by atoms with Crippen LogP contribution in [0.25, 0.3) is 0 Å². The minimum Gasteiger partial charge on any atom is -0.481 e. The van der Waals surface area contributed by atoms with Crippen LogP contribution in [-0.4, -0.2) is 86.2 Å². The number of nitrogens with one attached hydrogen (secondary N) is 3. The molecular formula is C17H26N4O11. The van der Waals surface area contributed by atoms with Gasteiger partial charge in [0.05, 0.1) is 25.3 Å². The summed E-state index contributed by atoms with van der Waals surface area (Å²) in [7, 11) is 0. The van der Waals surface area contributed by atoms with Crippen LogP contribution in [0.5, 0.6) is 0 Å². The molecule has 0 rings (SSSR count). The number of rotatable bonds is 14. The first kappa shape index (κ1) is 28.2. The first-order chi connectivity index (χ1) is 14.6. The fourth-order valence-corrected chi connectivity index (χ4v) is 2.26. The summed E-state index contributed by atoms with van der Waals surface area (Å²) in [6.45, 7) is 3.19. The van der Waals surface area contributed by atoms with E-state index < -0.39 is 85.0 Å². The molecule has 0 saturated carbocycles. The van der Waals surface area contributed by atoms with Crippen molar-refractivity contribution in [1.29, 1.82) is 0 Å². The number of carbonyl (C=O) groups excluding carboxylic acids is 3. The molecule has 4 unspecified atom stereocenters. The first-order valence-corrected chi connectivity index (χ1v) is 9.20. The number of carbonyl (C=O) groups is 7. The predicted molar refractivity (Wildman–Crippen MR) is 103 cm³/mol. The van der Waals surface area contributed by atoms with E-state index in [1.165, 1.54) is 0 Å². The van der Waals surface area contributed by atoms with Crippen LogP contribution in [0.3, 0.4) is 0 Å². The smallest absolute Gasteiger partial charge is 0.326 e. The summed E-state index contributed by atoms with van der Waals surface area (Å²) in [4.78, 5) is 80.8. The molecule has 0 aliphatic rings. The van der Waals surface area contributed by atoms with Gasteiger partial charge in [0.25, 0.3) is 0 Å². The van der Waals surface area contributed by atoms with Crippen molar-refractivity contribution in [2.24, 2.45) is 11.7 Å². The minimum atomic E-state index is -1.92. The lowest BCUT2D eigenvalue weighted by Crippen LogP contribution is -2.58. The van der Waals surface area contributed by atoms with Gasteiger partial charge in [-0.15, -0.1) is 0 Å². The average Bonchev–Trinajstić information content (AvgIpc) is 2.64. The number of amides is 3. The molecule has 0 aromatic heterocycles. The second kappa shape index (κ2) is 12.8. The van der Waals surface area contributed by atoms with Crippen LogP contribution >= 0.6 is 0 Å². The molecule has 32 heavy (non-hydrogen) atoms. The largest absolute Gasteiger partial charge is 0.481 e. The second-order valence-corrected chi connectivity index (χ2v) is 7.09. The molecule has 0 spiro atoms. The van der Waals surface area contributed by atoms with Crippen LogP contribution in [0.15, 0.2) is 0 Å². The van der Waals surface area contributed by atoms with Crippen molar-refractivity contribution in [3.8, 4) is 0 Å². The lowest BCUT2D eigenvalue weighted by molar-refractivity contribution is -0.148. The minimum absolute atomic E-state index is 0.365. The Balaban J connectivity index is 5.58. The van der Waals surface area contributed by atoms with E-state index in [1.807, 2.05) is 5.32 Å². The van der Waals surface area contributed by atoms with Crippen LogP contribution in [0, 0.1) is 5.92 Å². The van der Waals surface area contributed by atoms with E-state index in [0.29, 0.717) is 0 Å². The fraction of sp³-hybridized carbons (Fsp3) is 0.588. The summed E-state index contributed by atoms with van der Waals surface area (Å²) in [5.74, 6) is -10.2. The number of hydrogen-bond acceptors (Lipinski definition) is 8. The van der Waals surface area contributed by atoms with E-state index in [0.717, 1.165) is 0 Å². The van der Waals surface area contributed by atoms with E-state index in [2.05, 4.69) is 5.32 Å². The zero-order valence-electron chi connectivity index (χ0n) is 17.2. The molecule has 0 bridgehead atoms. The molecule has 0 saturated heterocycles. The molecule has 0 radical (unpaired) electrons. The van der Waals surface area contributed by atoms with E-state index >= 15 is 0 Å². The van der Waals surface area contributed by atoms with Gasteiger partial charge in [-0.2, -0.15) is 0 Å². The van der Waals surface area contributed by atoms with Gasteiger partial charge in [0.2, 0.25) is 17.7 Å². The molecule has 0 aliphatic carbocycles. The molecule has 0 aliphatic heterocycles. The number of carboxylic acids is 4. The van der Waals surface area contributed by atoms with Crippen LogP contribution in [0.1, 0.15) is 33.1 Å². The van der Waals surface area contributed by atoms with Gasteiger partial charge in [-0.3, -0.25) is 28.8 Å². The Labute approximate surface area is 181 Å². The summed E-state index contributed by atoms with van der Waals surface area (Å²) in [5, 5.41) is 41.5. The predicted octanol–water partition coefficient (Wildman–Crippen LogP) is -3.07. The van der Waals surface area contributed by atoms with Gasteiger partial charge in [0, 0.05) is 0 Å². The summed E-state index contributed by atoms with van der Waals surface area (Å²) < 4.78 is 0. The molecule has 0 heterocycles. The van der Waals surface area contributed by atoms with Gasteiger partial charge >= 0.3 is 23.9 Å². The third kappa shape index (κ3) is 10.3. The van der Waals surface area contributed by atoms with Crippen molar-refractivity contribution in [2.75, 3.05) is 0 Å².